The monoisotopic (exact) mass is 284 g/mol. The fourth-order valence-corrected chi connectivity index (χ4v) is 3.09. The van der Waals surface area contributed by atoms with Crippen LogP contribution in [0, 0.1) is 6.92 Å². The van der Waals surface area contributed by atoms with E-state index in [1.54, 1.807) is 0 Å². The lowest BCUT2D eigenvalue weighted by molar-refractivity contribution is -0.139. The van der Waals surface area contributed by atoms with E-state index in [0.29, 0.717) is 12.2 Å². The van der Waals surface area contributed by atoms with Crippen molar-refractivity contribution in [2.45, 2.75) is 45.6 Å². The number of carboxylic acids is 1. The Labute approximate surface area is 124 Å². The van der Waals surface area contributed by atoms with E-state index in [0.717, 1.165) is 36.3 Å². The van der Waals surface area contributed by atoms with Gasteiger partial charge >= 0.3 is 5.97 Å². The van der Waals surface area contributed by atoms with Crippen molar-refractivity contribution >= 4 is 5.97 Å². The highest BCUT2D eigenvalue weighted by Crippen LogP contribution is 2.33. The molecule has 1 aromatic carbocycles. The molecule has 0 spiro atoms. The fourth-order valence-electron chi connectivity index (χ4n) is 3.09. The average Bonchev–Trinajstić information content (AvgIpc) is 2.84. The first-order valence-corrected chi connectivity index (χ1v) is 7.51. The molecule has 0 amide bonds. The lowest BCUT2D eigenvalue weighted by Crippen LogP contribution is -2.22. The highest BCUT2D eigenvalue weighted by Gasteiger charge is 2.30. The van der Waals surface area contributed by atoms with Crippen LogP contribution in [0.15, 0.2) is 24.3 Å². The van der Waals surface area contributed by atoms with E-state index in [9.17, 15) is 9.90 Å². The van der Waals surface area contributed by atoms with Gasteiger partial charge in [-0.15, -0.1) is 0 Å². The summed E-state index contributed by atoms with van der Waals surface area (Å²) in [5.74, 6) is -0.532. The van der Waals surface area contributed by atoms with Gasteiger partial charge in [-0.1, -0.05) is 31.2 Å². The average molecular weight is 284 g/mol. The second-order valence-electron chi connectivity index (χ2n) is 5.64. The van der Waals surface area contributed by atoms with Crippen LogP contribution < -0.4 is 0 Å². The third-order valence-corrected chi connectivity index (χ3v) is 4.37. The molecule has 0 bridgehead atoms. The Balaban J connectivity index is 2.06. The van der Waals surface area contributed by atoms with Gasteiger partial charge in [0.15, 0.2) is 0 Å². The number of hydrogen-bond donors (Lipinski definition) is 1. The molecule has 0 saturated carbocycles. The van der Waals surface area contributed by atoms with E-state index in [-0.39, 0.29) is 0 Å². The van der Waals surface area contributed by atoms with Crippen LogP contribution in [0.3, 0.4) is 0 Å². The van der Waals surface area contributed by atoms with Crippen LogP contribution in [0.5, 0.6) is 0 Å². The zero-order valence-corrected chi connectivity index (χ0v) is 12.5. The molecule has 0 saturated heterocycles. The molecular weight excluding hydrogens is 264 g/mol. The summed E-state index contributed by atoms with van der Waals surface area (Å²) in [5, 5.41) is 9.37. The number of aryl methyl sites for hydroxylation is 1. The minimum Gasteiger partial charge on any atom is -0.481 e. The van der Waals surface area contributed by atoms with Gasteiger partial charge < -0.3 is 9.67 Å². The number of nitrogens with zero attached hydrogens (tertiary/aromatic N) is 2. The summed E-state index contributed by atoms with van der Waals surface area (Å²) >= 11 is 0. The highest BCUT2D eigenvalue weighted by molar-refractivity contribution is 5.76. The molecule has 1 aromatic heterocycles. The SMILES string of the molecule is CCc1ccc(-c2nc3n(c2C)CCCC3C(=O)O)cc1. The van der Waals surface area contributed by atoms with Crippen molar-refractivity contribution in [1.29, 1.82) is 0 Å². The first-order valence-electron chi connectivity index (χ1n) is 7.51. The molecule has 1 atom stereocenters. The Morgan fingerprint density at radius 1 is 1.38 bits per heavy atom. The molecule has 0 radical (unpaired) electrons. The molecule has 1 unspecified atom stereocenters. The molecule has 4 heteroatoms. The Hall–Kier alpha value is -2.10. The van der Waals surface area contributed by atoms with Crippen molar-refractivity contribution < 1.29 is 9.90 Å². The van der Waals surface area contributed by atoms with Gasteiger partial charge in [-0.2, -0.15) is 0 Å². The smallest absolute Gasteiger partial charge is 0.314 e. The fraction of sp³-hybridized carbons (Fsp3) is 0.412. The van der Waals surface area contributed by atoms with Gasteiger partial charge in [0.1, 0.15) is 11.7 Å². The minimum atomic E-state index is -0.770. The van der Waals surface area contributed by atoms with Crippen molar-refractivity contribution in [3.05, 3.63) is 41.3 Å². The number of carboxylic acid groups (broad SMARTS) is 1. The van der Waals surface area contributed by atoms with E-state index >= 15 is 0 Å². The zero-order chi connectivity index (χ0) is 15.0. The highest BCUT2D eigenvalue weighted by atomic mass is 16.4. The summed E-state index contributed by atoms with van der Waals surface area (Å²) in [5.41, 5.74) is 4.35. The molecule has 1 N–H and O–H groups in total. The number of aromatic nitrogens is 2. The topological polar surface area (TPSA) is 55.1 Å². The van der Waals surface area contributed by atoms with Crippen LogP contribution in [0.2, 0.25) is 0 Å². The van der Waals surface area contributed by atoms with Crippen LogP contribution in [-0.4, -0.2) is 20.6 Å². The maximum Gasteiger partial charge on any atom is 0.314 e. The molecule has 21 heavy (non-hydrogen) atoms. The lowest BCUT2D eigenvalue weighted by Gasteiger charge is -2.20. The minimum absolute atomic E-state index is 0.471. The number of hydrogen-bond acceptors (Lipinski definition) is 2. The largest absolute Gasteiger partial charge is 0.481 e. The number of aliphatic carboxylic acids is 1. The van der Waals surface area contributed by atoms with Crippen LogP contribution in [0.4, 0.5) is 0 Å². The molecule has 2 aromatic rings. The molecule has 110 valence electrons. The Bertz CT molecular complexity index is 671. The van der Waals surface area contributed by atoms with Crippen molar-refractivity contribution in [2.24, 2.45) is 0 Å². The van der Waals surface area contributed by atoms with Gasteiger partial charge in [-0.3, -0.25) is 4.79 Å². The molecule has 0 aliphatic carbocycles. The number of benzene rings is 1. The van der Waals surface area contributed by atoms with Gasteiger partial charge in [-0.05, 0) is 31.7 Å². The zero-order valence-electron chi connectivity index (χ0n) is 12.5. The molecular formula is C17H20N2O2. The van der Waals surface area contributed by atoms with Crippen LogP contribution in [0.25, 0.3) is 11.3 Å². The predicted octanol–water partition coefficient (Wildman–Crippen LogP) is 3.38. The van der Waals surface area contributed by atoms with Crippen LogP contribution in [-0.2, 0) is 17.8 Å². The summed E-state index contributed by atoms with van der Waals surface area (Å²) in [7, 11) is 0. The third kappa shape index (κ3) is 2.35. The summed E-state index contributed by atoms with van der Waals surface area (Å²) in [4.78, 5) is 16.1. The first-order chi connectivity index (χ1) is 10.1. The van der Waals surface area contributed by atoms with E-state index in [1.165, 1.54) is 5.56 Å². The number of rotatable bonds is 3. The van der Waals surface area contributed by atoms with E-state index in [4.69, 9.17) is 0 Å². The Kier molecular flexibility index (Phi) is 3.53. The number of fused-ring (bicyclic) bond motifs is 1. The standard InChI is InChI=1S/C17H20N2O2/c1-3-12-6-8-13(9-7-12)15-11(2)19-10-4-5-14(17(20)21)16(19)18-15/h6-9,14H,3-5,10H2,1-2H3,(H,20,21). The quantitative estimate of drug-likeness (QED) is 0.940. The summed E-state index contributed by atoms with van der Waals surface area (Å²) in [6.45, 7) is 5.03. The summed E-state index contributed by atoms with van der Waals surface area (Å²) in [6.07, 6.45) is 2.59. The number of carbonyl (C=O) groups is 1. The van der Waals surface area contributed by atoms with Crippen molar-refractivity contribution in [2.75, 3.05) is 0 Å². The normalized spacial score (nSPS) is 17.5. The first kappa shape index (κ1) is 13.9. The van der Waals surface area contributed by atoms with Gasteiger partial charge in [0.25, 0.3) is 0 Å². The molecule has 0 fully saturated rings. The molecule has 4 nitrogen and oxygen atoms in total. The van der Waals surface area contributed by atoms with Gasteiger partial charge in [0, 0.05) is 17.8 Å². The van der Waals surface area contributed by atoms with Crippen molar-refractivity contribution in [3.63, 3.8) is 0 Å². The van der Waals surface area contributed by atoms with E-state index in [2.05, 4.69) is 40.7 Å². The predicted molar refractivity (Wildman–Crippen MR) is 81.4 cm³/mol. The van der Waals surface area contributed by atoms with E-state index < -0.39 is 11.9 Å². The van der Waals surface area contributed by atoms with Crippen LogP contribution in [0.1, 0.15) is 42.8 Å². The summed E-state index contributed by atoms with van der Waals surface area (Å²) < 4.78 is 2.07. The number of imidazole rings is 1. The lowest BCUT2D eigenvalue weighted by atomic mass is 9.99. The third-order valence-electron chi connectivity index (χ3n) is 4.37. The Morgan fingerprint density at radius 3 is 2.71 bits per heavy atom. The summed E-state index contributed by atoms with van der Waals surface area (Å²) in [6, 6.07) is 8.38. The molecule has 1 aliphatic rings. The second kappa shape index (κ2) is 5.35. The van der Waals surface area contributed by atoms with Gasteiger partial charge in [0.2, 0.25) is 0 Å². The molecule has 3 rings (SSSR count). The van der Waals surface area contributed by atoms with Crippen LogP contribution >= 0.6 is 0 Å². The van der Waals surface area contributed by atoms with Crippen molar-refractivity contribution in [1.82, 2.24) is 9.55 Å². The Morgan fingerprint density at radius 2 is 2.10 bits per heavy atom. The maximum atomic E-state index is 11.4. The van der Waals surface area contributed by atoms with Crippen molar-refractivity contribution in [3.8, 4) is 11.3 Å². The maximum absolute atomic E-state index is 11.4. The molecule has 1 aliphatic heterocycles. The molecule has 2 heterocycles. The second-order valence-corrected chi connectivity index (χ2v) is 5.64. The van der Waals surface area contributed by atoms with Gasteiger partial charge in [0.05, 0.1) is 5.69 Å². The van der Waals surface area contributed by atoms with Gasteiger partial charge in [-0.25, -0.2) is 4.98 Å². The van der Waals surface area contributed by atoms with E-state index in [1.807, 2.05) is 6.92 Å².